The van der Waals surface area contributed by atoms with Gasteiger partial charge in [-0.1, -0.05) is 11.6 Å². The smallest absolute Gasteiger partial charge is 0.270 e. The third-order valence-corrected chi connectivity index (χ3v) is 2.73. The summed E-state index contributed by atoms with van der Waals surface area (Å²) in [6.45, 7) is 0. The number of halogens is 1. The first-order valence-corrected chi connectivity index (χ1v) is 5.36. The van der Waals surface area contributed by atoms with Gasteiger partial charge in [-0.3, -0.25) is 15.0 Å². The van der Waals surface area contributed by atoms with Crippen molar-refractivity contribution in [3.8, 4) is 5.75 Å². The lowest BCUT2D eigenvalue weighted by Gasteiger charge is -2.07. The number of methoxy groups -OCH3 is 1. The van der Waals surface area contributed by atoms with E-state index in [1.54, 1.807) is 6.07 Å². The normalized spacial score (nSPS) is 10.4. The molecule has 94 valence electrons. The zero-order valence-electron chi connectivity index (χ0n) is 9.41. The molecule has 0 unspecified atom stereocenters. The zero-order valence-corrected chi connectivity index (χ0v) is 10.2. The lowest BCUT2D eigenvalue weighted by molar-refractivity contribution is 0.0952. The molecule has 0 saturated heterocycles. The van der Waals surface area contributed by atoms with Crippen molar-refractivity contribution >= 4 is 28.4 Å². The largest absolute Gasteiger partial charge is 0.494 e. The minimum Gasteiger partial charge on any atom is -0.494 e. The number of rotatable bonds is 2. The summed E-state index contributed by atoms with van der Waals surface area (Å²) in [5, 5.41) is 0.607. The molecule has 0 spiro atoms. The molecule has 0 atom stereocenters. The van der Waals surface area contributed by atoms with Crippen molar-refractivity contribution in [2.24, 2.45) is 5.84 Å². The fraction of sp³-hybridized carbons (Fsp3) is 0.0909. The highest BCUT2D eigenvalue weighted by Crippen LogP contribution is 2.26. The van der Waals surface area contributed by atoms with E-state index in [0.29, 0.717) is 16.3 Å². The molecule has 0 aliphatic rings. The van der Waals surface area contributed by atoms with Crippen molar-refractivity contribution in [2.45, 2.75) is 0 Å². The van der Waals surface area contributed by atoms with Gasteiger partial charge in [-0.05, 0) is 6.07 Å². The van der Waals surface area contributed by atoms with E-state index in [4.69, 9.17) is 22.2 Å². The Labute approximate surface area is 107 Å². The SMILES string of the molecule is COc1cc(Cl)cc2c(=O)c(C(=O)NN)c[nH]c12. The van der Waals surface area contributed by atoms with Crippen LogP contribution in [0.25, 0.3) is 10.9 Å². The molecular weight excluding hydrogens is 258 g/mol. The summed E-state index contributed by atoms with van der Waals surface area (Å²) < 4.78 is 5.11. The van der Waals surface area contributed by atoms with Crippen LogP contribution in [0.2, 0.25) is 5.02 Å². The first-order valence-electron chi connectivity index (χ1n) is 4.98. The van der Waals surface area contributed by atoms with E-state index in [9.17, 15) is 9.59 Å². The van der Waals surface area contributed by atoms with Crippen LogP contribution in [0.1, 0.15) is 10.4 Å². The van der Waals surface area contributed by atoms with Crippen LogP contribution in [0.5, 0.6) is 5.75 Å². The highest BCUT2D eigenvalue weighted by molar-refractivity contribution is 6.31. The first kappa shape index (κ1) is 12.4. The van der Waals surface area contributed by atoms with Crippen molar-refractivity contribution in [2.75, 3.05) is 7.11 Å². The molecule has 7 heteroatoms. The maximum Gasteiger partial charge on any atom is 0.270 e. The van der Waals surface area contributed by atoms with Gasteiger partial charge in [0.25, 0.3) is 5.91 Å². The van der Waals surface area contributed by atoms with E-state index >= 15 is 0 Å². The van der Waals surface area contributed by atoms with E-state index in [1.807, 2.05) is 5.43 Å². The van der Waals surface area contributed by atoms with Crippen molar-refractivity contribution in [3.05, 3.63) is 39.1 Å². The number of hydrazine groups is 1. The number of nitrogens with one attached hydrogen (secondary N) is 2. The van der Waals surface area contributed by atoms with Crippen LogP contribution in [0.4, 0.5) is 0 Å². The van der Waals surface area contributed by atoms with Crippen LogP contribution in [0.3, 0.4) is 0 Å². The third kappa shape index (κ3) is 1.92. The third-order valence-electron chi connectivity index (χ3n) is 2.51. The van der Waals surface area contributed by atoms with Gasteiger partial charge in [0.2, 0.25) is 5.43 Å². The minimum atomic E-state index is -0.669. The Morgan fingerprint density at radius 3 is 2.83 bits per heavy atom. The van der Waals surface area contributed by atoms with Crippen LogP contribution in [0.15, 0.2) is 23.1 Å². The molecule has 0 aliphatic carbocycles. The maximum absolute atomic E-state index is 12.1. The Kier molecular flexibility index (Phi) is 3.22. The Balaban J connectivity index is 2.83. The molecular formula is C11H10ClN3O3. The molecule has 1 aromatic heterocycles. The van der Waals surface area contributed by atoms with Crippen molar-refractivity contribution in [3.63, 3.8) is 0 Å². The number of fused-ring (bicyclic) bond motifs is 1. The van der Waals surface area contributed by atoms with E-state index < -0.39 is 11.3 Å². The predicted octanol–water partition coefficient (Wildman–Crippen LogP) is 0.794. The first-order chi connectivity index (χ1) is 8.58. The molecule has 0 aliphatic heterocycles. The number of aromatic amines is 1. The number of hydrogen-bond donors (Lipinski definition) is 3. The second kappa shape index (κ2) is 4.67. The Morgan fingerprint density at radius 2 is 2.22 bits per heavy atom. The lowest BCUT2D eigenvalue weighted by atomic mass is 10.1. The number of nitrogens with two attached hydrogens (primary N) is 1. The van der Waals surface area contributed by atoms with E-state index in [-0.39, 0.29) is 10.9 Å². The number of H-pyrrole nitrogens is 1. The number of ether oxygens (including phenoxy) is 1. The average molecular weight is 268 g/mol. The van der Waals surface area contributed by atoms with Crippen LogP contribution in [-0.2, 0) is 0 Å². The van der Waals surface area contributed by atoms with Crippen LogP contribution in [-0.4, -0.2) is 18.0 Å². The maximum atomic E-state index is 12.1. The highest BCUT2D eigenvalue weighted by atomic mass is 35.5. The molecule has 0 radical (unpaired) electrons. The number of hydrogen-bond acceptors (Lipinski definition) is 4. The summed E-state index contributed by atoms with van der Waals surface area (Å²) in [6, 6.07) is 3.04. The molecule has 2 rings (SSSR count). The Hall–Kier alpha value is -2.05. The highest BCUT2D eigenvalue weighted by Gasteiger charge is 2.14. The second-order valence-electron chi connectivity index (χ2n) is 3.54. The van der Waals surface area contributed by atoms with Gasteiger partial charge in [0, 0.05) is 17.3 Å². The van der Waals surface area contributed by atoms with E-state index in [1.165, 1.54) is 19.4 Å². The number of amides is 1. The van der Waals surface area contributed by atoms with Gasteiger partial charge in [-0.25, -0.2) is 5.84 Å². The van der Waals surface area contributed by atoms with Crippen LogP contribution in [0, 0.1) is 0 Å². The number of benzene rings is 1. The number of nitrogen functional groups attached to an aromatic ring is 1. The summed E-state index contributed by atoms with van der Waals surface area (Å²) in [5.41, 5.74) is 1.83. The summed E-state index contributed by atoms with van der Waals surface area (Å²) in [5.74, 6) is 4.76. The fourth-order valence-corrected chi connectivity index (χ4v) is 1.88. The standard InChI is InChI=1S/C11H10ClN3O3/c1-18-8-3-5(12)2-6-9(8)14-4-7(10(6)16)11(17)15-13/h2-4H,13H2,1H3,(H,14,16)(H,15,17). The number of pyridine rings is 1. The molecule has 0 bridgehead atoms. The van der Waals surface area contributed by atoms with Crippen molar-refractivity contribution < 1.29 is 9.53 Å². The summed E-state index contributed by atoms with van der Waals surface area (Å²) >= 11 is 5.88. The van der Waals surface area contributed by atoms with Crippen LogP contribution >= 0.6 is 11.6 Å². The molecule has 1 heterocycles. The van der Waals surface area contributed by atoms with Gasteiger partial charge in [0.15, 0.2) is 0 Å². The predicted molar refractivity (Wildman–Crippen MR) is 67.8 cm³/mol. The number of aromatic nitrogens is 1. The van der Waals surface area contributed by atoms with Gasteiger partial charge in [-0.15, -0.1) is 0 Å². The molecule has 0 fully saturated rings. The van der Waals surface area contributed by atoms with E-state index in [0.717, 1.165) is 0 Å². The van der Waals surface area contributed by atoms with Gasteiger partial charge in [0.05, 0.1) is 18.0 Å². The van der Waals surface area contributed by atoms with Gasteiger partial charge in [-0.2, -0.15) is 0 Å². The van der Waals surface area contributed by atoms with Gasteiger partial charge in [0.1, 0.15) is 11.3 Å². The molecule has 1 aromatic carbocycles. The van der Waals surface area contributed by atoms with Gasteiger partial charge < -0.3 is 9.72 Å². The molecule has 1 amide bonds. The Morgan fingerprint density at radius 1 is 1.50 bits per heavy atom. The minimum absolute atomic E-state index is 0.0886. The Bertz CT molecular complexity index is 681. The van der Waals surface area contributed by atoms with Gasteiger partial charge >= 0.3 is 0 Å². The fourth-order valence-electron chi connectivity index (χ4n) is 1.67. The topological polar surface area (TPSA) is 97.2 Å². The molecule has 0 saturated carbocycles. The summed E-state index contributed by atoms with van der Waals surface area (Å²) in [6.07, 6.45) is 1.28. The zero-order chi connectivity index (χ0) is 13.3. The molecule has 2 aromatic rings. The number of carbonyl (C=O) groups is 1. The molecule has 18 heavy (non-hydrogen) atoms. The summed E-state index contributed by atoms with van der Waals surface area (Å²) in [4.78, 5) is 26.3. The average Bonchev–Trinajstić information content (AvgIpc) is 2.38. The van der Waals surface area contributed by atoms with Crippen molar-refractivity contribution in [1.29, 1.82) is 0 Å². The van der Waals surface area contributed by atoms with Crippen LogP contribution < -0.4 is 21.4 Å². The molecule has 6 nitrogen and oxygen atoms in total. The summed E-state index contributed by atoms with van der Waals surface area (Å²) in [7, 11) is 1.46. The van der Waals surface area contributed by atoms with E-state index in [2.05, 4.69) is 4.98 Å². The lowest BCUT2D eigenvalue weighted by Crippen LogP contribution is -2.33. The van der Waals surface area contributed by atoms with Crippen molar-refractivity contribution in [1.82, 2.24) is 10.4 Å². The molecule has 4 N–H and O–H groups in total. The number of carbonyl (C=O) groups excluding carboxylic acids is 1. The quantitative estimate of drug-likeness (QED) is 0.426. The monoisotopic (exact) mass is 267 g/mol. The second-order valence-corrected chi connectivity index (χ2v) is 3.97.